The first-order valence-electron chi connectivity index (χ1n) is 16.9. The Morgan fingerprint density at radius 3 is 2.26 bits per heavy atom. The molecule has 9 atom stereocenters. The van der Waals surface area contributed by atoms with Crippen molar-refractivity contribution in [1.82, 2.24) is 0 Å². The van der Waals surface area contributed by atoms with Gasteiger partial charge in [-0.15, -0.1) is 0 Å². The Balaban J connectivity index is 1.46. The van der Waals surface area contributed by atoms with Gasteiger partial charge in [0.15, 0.2) is 17.1 Å². The fraction of sp³-hybridized carbons (Fsp3) is 0.794. The van der Waals surface area contributed by atoms with Gasteiger partial charge in [-0.2, -0.15) is 0 Å². The summed E-state index contributed by atoms with van der Waals surface area (Å²) in [5.41, 5.74) is -6.50. The van der Waals surface area contributed by atoms with Crippen molar-refractivity contribution in [2.24, 2.45) is 28.6 Å². The number of thioether (sulfide) groups is 1. The third kappa shape index (κ3) is 6.61. The minimum absolute atomic E-state index is 0.0441. The first-order valence-corrected chi connectivity index (χ1v) is 19.7. The van der Waals surface area contributed by atoms with Gasteiger partial charge < -0.3 is 19.6 Å². The Hall–Kier alpha value is -1.39. The quantitative estimate of drug-likeness (QED) is 0.102. The summed E-state index contributed by atoms with van der Waals surface area (Å²) in [5, 5.41) is 11.4. The van der Waals surface area contributed by atoms with Gasteiger partial charge in [0, 0.05) is 41.0 Å². The Kier molecular flexibility index (Phi) is 11.6. The van der Waals surface area contributed by atoms with Crippen LogP contribution in [0, 0.1) is 28.6 Å². The number of hydrogen-bond acceptors (Lipinski definition) is 7. The fourth-order valence-electron chi connectivity index (χ4n) is 9.22. The normalized spacial score (nSPS) is 38.5. The van der Waals surface area contributed by atoms with Crippen molar-refractivity contribution in [3.05, 3.63) is 23.8 Å². The largest absolute Gasteiger partial charge is 0.449 e. The summed E-state index contributed by atoms with van der Waals surface area (Å²) >= 11 is 1.11. The number of allylic oxidation sites excluding steroid dienone is 4. The SMILES string of the molecule is CCC(=O)O[C@]1(C(=O)SCCCCCCCCCCP(=O)(O)O)[C@H](C)C[C@H]2[C@@H]3C[C@H](F)C4=CC(=O)C=C[C@]4(C)[C@@]3(F)[C@@H](O)C[C@@]21C. The molecule has 0 bridgehead atoms. The molecule has 4 aliphatic rings. The molecule has 0 aromatic heterocycles. The van der Waals surface area contributed by atoms with Crippen molar-refractivity contribution in [3.63, 3.8) is 0 Å². The highest BCUT2D eigenvalue weighted by atomic mass is 32.2. The van der Waals surface area contributed by atoms with Crippen molar-refractivity contribution in [1.29, 1.82) is 0 Å². The molecule has 46 heavy (non-hydrogen) atoms. The zero-order chi connectivity index (χ0) is 34.1. The van der Waals surface area contributed by atoms with Crippen LogP contribution in [0.15, 0.2) is 23.8 Å². The van der Waals surface area contributed by atoms with Gasteiger partial charge in [0.2, 0.25) is 5.12 Å². The number of alkyl halides is 2. The number of ether oxygens (including phenoxy) is 1. The third-order valence-corrected chi connectivity index (χ3v) is 13.6. The molecule has 0 aromatic rings. The van der Waals surface area contributed by atoms with E-state index in [1.165, 1.54) is 12.2 Å². The lowest BCUT2D eigenvalue weighted by atomic mass is 9.44. The number of fused-ring (bicyclic) bond motifs is 5. The maximum absolute atomic E-state index is 17.6. The van der Waals surface area contributed by atoms with Crippen LogP contribution in [0.3, 0.4) is 0 Å². The number of carbonyl (C=O) groups excluding carboxylic acids is 3. The first kappa shape index (κ1) is 37.4. The monoisotopic (exact) mass is 688 g/mol. The van der Waals surface area contributed by atoms with E-state index in [9.17, 15) is 24.1 Å². The molecular formula is C34H51F2O8PS. The first-order chi connectivity index (χ1) is 21.5. The van der Waals surface area contributed by atoms with Crippen LogP contribution in [0.25, 0.3) is 0 Å². The number of rotatable bonds is 14. The summed E-state index contributed by atoms with van der Waals surface area (Å²) in [6, 6.07) is 0. The third-order valence-electron chi connectivity index (χ3n) is 11.6. The lowest BCUT2D eigenvalue weighted by molar-refractivity contribution is -0.228. The van der Waals surface area contributed by atoms with Crippen LogP contribution >= 0.6 is 19.4 Å². The molecule has 4 rings (SSSR count). The number of esters is 1. The number of hydrogen-bond donors (Lipinski definition) is 3. The molecule has 4 aliphatic carbocycles. The predicted octanol–water partition coefficient (Wildman–Crippen LogP) is 6.80. The molecule has 0 aliphatic heterocycles. The highest BCUT2D eigenvalue weighted by Crippen LogP contribution is 2.72. The van der Waals surface area contributed by atoms with Gasteiger partial charge in [0.05, 0.1) is 6.10 Å². The number of aliphatic hydroxyl groups is 1. The molecule has 3 saturated carbocycles. The van der Waals surface area contributed by atoms with Gasteiger partial charge in [-0.1, -0.05) is 77.1 Å². The van der Waals surface area contributed by atoms with Crippen LogP contribution < -0.4 is 0 Å². The van der Waals surface area contributed by atoms with E-state index in [0.717, 1.165) is 62.8 Å². The number of unbranched alkanes of at least 4 members (excludes halogenated alkanes) is 7. The molecule has 0 saturated heterocycles. The number of halogens is 2. The Labute approximate surface area is 275 Å². The van der Waals surface area contributed by atoms with E-state index < -0.39 is 71.5 Å². The molecule has 3 fully saturated rings. The molecule has 0 unspecified atom stereocenters. The summed E-state index contributed by atoms with van der Waals surface area (Å²) in [6.45, 7) is 6.82. The van der Waals surface area contributed by atoms with E-state index in [0.29, 0.717) is 18.6 Å². The predicted molar refractivity (Wildman–Crippen MR) is 174 cm³/mol. The van der Waals surface area contributed by atoms with Crippen LogP contribution in [0.4, 0.5) is 8.78 Å². The second kappa shape index (κ2) is 14.2. The van der Waals surface area contributed by atoms with E-state index in [-0.39, 0.29) is 36.1 Å². The van der Waals surface area contributed by atoms with Gasteiger partial charge >= 0.3 is 13.6 Å². The minimum atomic E-state index is -3.93. The van der Waals surface area contributed by atoms with Gasteiger partial charge in [-0.25, -0.2) is 8.78 Å². The molecule has 0 heterocycles. The van der Waals surface area contributed by atoms with E-state index in [1.54, 1.807) is 20.8 Å². The maximum Gasteiger partial charge on any atom is 0.325 e. The van der Waals surface area contributed by atoms with E-state index >= 15 is 8.78 Å². The minimum Gasteiger partial charge on any atom is -0.449 e. The van der Waals surface area contributed by atoms with Crippen LogP contribution in [0.1, 0.15) is 105 Å². The second-order valence-corrected chi connectivity index (χ2v) is 17.3. The van der Waals surface area contributed by atoms with Gasteiger partial charge in [0.25, 0.3) is 0 Å². The lowest BCUT2D eigenvalue weighted by Crippen LogP contribution is -2.70. The smallest absolute Gasteiger partial charge is 0.325 e. The summed E-state index contributed by atoms with van der Waals surface area (Å²) in [7, 11) is -3.93. The molecule has 0 spiro atoms. The molecular weight excluding hydrogens is 637 g/mol. The van der Waals surface area contributed by atoms with Crippen molar-refractivity contribution < 1.29 is 47.4 Å². The summed E-state index contributed by atoms with van der Waals surface area (Å²) in [4.78, 5) is 57.2. The highest BCUT2D eigenvalue weighted by molar-refractivity contribution is 8.13. The zero-order valence-electron chi connectivity index (χ0n) is 27.5. The topological polar surface area (TPSA) is 138 Å². The fourth-order valence-corrected chi connectivity index (χ4v) is 11.1. The highest BCUT2D eigenvalue weighted by Gasteiger charge is 2.78. The van der Waals surface area contributed by atoms with Crippen molar-refractivity contribution in [2.75, 3.05) is 11.9 Å². The van der Waals surface area contributed by atoms with Crippen LogP contribution in [-0.4, -0.2) is 67.2 Å². The van der Waals surface area contributed by atoms with Crippen molar-refractivity contribution in [2.45, 2.75) is 128 Å². The standard InChI is InChI=1S/C34H51F2O8PS/c1-5-29(39)44-34(30(40)46-17-13-11-9-7-6-8-10-12-16-45(41,42)43)22(2)18-24-25-20-27(35)26-19-23(37)14-15-31(26,3)33(25,36)28(38)21-32(24,34)4/h14-15,19,22,24-25,27-28,38H,5-13,16-18,20-21H2,1-4H3,(H2,41,42,43)/t22-,24+,25+,27+,28+,31+,32+,33+,34+/m1/s1. The molecule has 8 nitrogen and oxygen atoms in total. The molecule has 260 valence electrons. The summed E-state index contributed by atoms with van der Waals surface area (Å²) in [5.74, 6) is -2.44. The molecule has 12 heteroatoms. The Bertz CT molecular complexity index is 1290. The zero-order valence-corrected chi connectivity index (χ0v) is 29.2. The van der Waals surface area contributed by atoms with E-state index in [1.807, 2.05) is 6.92 Å². The van der Waals surface area contributed by atoms with E-state index in [4.69, 9.17) is 14.5 Å². The van der Waals surface area contributed by atoms with Crippen molar-refractivity contribution >= 4 is 36.2 Å². The van der Waals surface area contributed by atoms with Gasteiger partial charge in [-0.3, -0.25) is 18.9 Å². The Morgan fingerprint density at radius 2 is 1.65 bits per heavy atom. The summed E-state index contributed by atoms with van der Waals surface area (Å²) in [6.07, 6.45) is 7.34. The number of aliphatic hydroxyl groups excluding tert-OH is 1. The lowest BCUT2D eigenvalue weighted by Gasteiger charge is -2.63. The second-order valence-electron chi connectivity index (χ2n) is 14.4. The average Bonchev–Trinajstić information content (AvgIpc) is 3.19. The van der Waals surface area contributed by atoms with Crippen LogP contribution in [-0.2, 0) is 23.7 Å². The van der Waals surface area contributed by atoms with Gasteiger partial charge in [0.1, 0.15) is 6.17 Å². The molecule has 0 aromatic carbocycles. The number of ketones is 1. The number of carbonyl (C=O) groups is 3. The van der Waals surface area contributed by atoms with Gasteiger partial charge in [-0.05, 0) is 62.7 Å². The van der Waals surface area contributed by atoms with Crippen LogP contribution in [0.5, 0.6) is 0 Å². The summed E-state index contributed by atoms with van der Waals surface area (Å²) < 4.78 is 50.5. The maximum atomic E-state index is 17.6. The molecule has 0 amide bonds. The van der Waals surface area contributed by atoms with Crippen molar-refractivity contribution in [3.8, 4) is 0 Å². The van der Waals surface area contributed by atoms with E-state index in [2.05, 4.69) is 0 Å². The Morgan fingerprint density at radius 1 is 1.04 bits per heavy atom. The molecule has 0 radical (unpaired) electrons. The molecule has 3 N–H and O–H groups in total. The van der Waals surface area contributed by atoms with Crippen LogP contribution in [0.2, 0.25) is 0 Å². The average molecular weight is 689 g/mol.